The van der Waals surface area contributed by atoms with Crippen molar-refractivity contribution in [3.63, 3.8) is 0 Å². The van der Waals surface area contributed by atoms with Crippen LogP contribution in [0.4, 0.5) is 5.13 Å². The Labute approximate surface area is 181 Å². The molecule has 0 saturated carbocycles. The van der Waals surface area contributed by atoms with E-state index in [1.54, 1.807) is 29.6 Å². The topological polar surface area (TPSA) is 116 Å². The van der Waals surface area contributed by atoms with Gasteiger partial charge in [-0.15, -0.1) is 11.3 Å². The van der Waals surface area contributed by atoms with Crippen molar-refractivity contribution in [3.05, 3.63) is 70.4 Å². The van der Waals surface area contributed by atoms with Gasteiger partial charge in [0.2, 0.25) is 5.91 Å². The monoisotopic (exact) mass is 456 g/mol. The van der Waals surface area contributed by atoms with Gasteiger partial charge < -0.3 is 14.5 Å². The number of nitrogens with zero attached hydrogens (tertiary/aromatic N) is 1. The normalized spacial score (nSPS) is 11.4. The number of rotatable bonds is 6. The number of anilines is 1. The van der Waals surface area contributed by atoms with Crippen LogP contribution in [0.5, 0.6) is 5.75 Å². The number of carbonyl (C=O) groups excluding carboxylic acids is 1. The average Bonchev–Trinajstić information content (AvgIpc) is 3.20. The molecular formula is C21H16N2O6S2. The molecule has 0 fully saturated rings. The fraction of sp³-hybridized carbons (Fsp3) is 0.0952. The molecular weight excluding hydrogens is 440 g/mol. The zero-order chi connectivity index (χ0) is 22.0. The van der Waals surface area contributed by atoms with Gasteiger partial charge in [0.05, 0.1) is 23.3 Å². The zero-order valence-electron chi connectivity index (χ0n) is 16.2. The molecule has 4 rings (SSSR count). The summed E-state index contributed by atoms with van der Waals surface area (Å²) in [6.45, 7) is 0. The van der Waals surface area contributed by atoms with E-state index in [0.717, 1.165) is 16.7 Å². The van der Waals surface area contributed by atoms with Gasteiger partial charge in [-0.2, -0.15) is 0 Å². The van der Waals surface area contributed by atoms with E-state index in [9.17, 15) is 18.0 Å². The van der Waals surface area contributed by atoms with Gasteiger partial charge in [-0.1, -0.05) is 18.2 Å². The highest BCUT2D eigenvalue weighted by atomic mass is 32.2. The number of thiazole rings is 1. The fourth-order valence-electron chi connectivity index (χ4n) is 2.89. The van der Waals surface area contributed by atoms with Crippen LogP contribution in [-0.2, 0) is 14.6 Å². The highest BCUT2D eigenvalue weighted by Gasteiger charge is 2.21. The Hall–Kier alpha value is -3.50. The summed E-state index contributed by atoms with van der Waals surface area (Å²) < 4.78 is 35.2. The molecule has 0 aliphatic heterocycles. The Kier molecular flexibility index (Phi) is 5.57. The summed E-state index contributed by atoms with van der Waals surface area (Å²) in [5.74, 6) is -0.967. The number of hydrogen-bond donors (Lipinski definition) is 1. The molecule has 0 spiro atoms. The highest BCUT2D eigenvalue weighted by molar-refractivity contribution is 7.92. The van der Waals surface area contributed by atoms with Crippen LogP contribution >= 0.6 is 11.3 Å². The van der Waals surface area contributed by atoms with Crippen LogP contribution in [0.15, 0.2) is 74.1 Å². The van der Waals surface area contributed by atoms with Gasteiger partial charge >= 0.3 is 5.63 Å². The first-order valence-corrected chi connectivity index (χ1v) is 11.5. The third kappa shape index (κ3) is 4.49. The predicted octanol–water partition coefficient (Wildman–Crippen LogP) is 3.34. The van der Waals surface area contributed by atoms with Crippen LogP contribution in [0, 0.1) is 0 Å². The molecule has 10 heteroatoms. The first-order valence-electron chi connectivity index (χ1n) is 9.01. The number of benzene rings is 2. The molecule has 31 heavy (non-hydrogen) atoms. The molecule has 0 aliphatic carbocycles. The third-order valence-electron chi connectivity index (χ3n) is 4.41. The van der Waals surface area contributed by atoms with Crippen LogP contribution in [0.2, 0.25) is 0 Å². The lowest BCUT2D eigenvalue weighted by molar-refractivity contribution is -0.113. The van der Waals surface area contributed by atoms with Gasteiger partial charge in [-0.3, -0.25) is 4.79 Å². The molecule has 2 heterocycles. The number of methoxy groups -OCH3 is 1. The Morgan fingerprint density at radius 1 is 1.16 bits per heavy atom. The van der Waals surface area contributed by atoms with E-state index in [-0.39, 0.29) is 15.6 Å². The zero-order valence-corrected chi connectivity index (χ0v) is 17.8. The third-order valence-corrected chi connectivity index (χ3v) is 6.80. The van der Waals surface area contributed by atoms with E-state index in [4.69, 9.17) is 9.15 Å². The number of aromatic nitrogens is 1. The molecule has 4 aromatic rings. The molecule has 2 aromatic heterocycles. The van der Waals surface area contributed by atoms with Crippen molar-refractivity contribution in [1.29, 1.82) is 0 Å². The van der Waals surface area contributed by atoms with E-state index >= 15 is 0 Å². The molecule has 8 nitrogen and oxygen atoms in total. The van der Waals surface area contributed by atoms with Crippen molar-refractivity contribution in [2.45, 2.75) is 4.90 Å². The van der Waals surface area contributed by atoms with E-state index in [2.05, 4.69) is 10.3 Å². The van der Waals surface area contributed by atoms with Crippen molar-refractivity contribution >= 4 is 43.2 Å². The minimum absolute atomic E-state index is 0.0112. The van der Waals surface area contributed by atoms with E-state index in [1.165, 1.54) is 31.4 Å². The lowest BCUT2D eigenvalue weighted by atomic mass is 10.1. The van der Waals surface area contributed by atoms with Crippen molar-refractivity contribution in [1.82, 2.24) is 4.98 Å². The van der Waals surface area contributed by atoms with Crippen molar-refractivity contribution < 1.29 is 22.4 Å². The molecule has 2 aromatic carbocycles. The fourth-order valence-corrected chi connectivity index (χ4v) is 4.75. The first kappa shape index (κ1) is 20.8. The number of para-hydroxylation sites is 1. The number of sulfone groups is 1. The maximum absolute atomic E-state index is 12.5. The maximum Gasteiger partial charge on any atom is 0.345 e. The SMILES string of the molecule is COc1ccc(S(=O)(=O)CC(=O)Nc2nc(-c3cc4ccccc4oc3=O)cs2)cc1. The van der Waals surface area contributed by atoms with Gasteiger partial charge in [0.1, 0.15) is 17.1 Å². The highest BCUT2D eigenvalue weighted by Crippen LogP contribution is 2.25. The smallest absolute Gasteiger partial charge is 0.345 e. The van der Waals surface area contributed by atoms with E-state index in [1.807, 2.05) is 6.07 Å². The lowest BCUT2D eigenvalue weighted by Gasteiger charge is -2.05. The van der Waals surface area contributed by atoms with Crippen LogP contribution in [-0.4, -0.2) is 32.2 Å². The van der Waals surface area contributed by atoms with Gasteiger partial charge in [0.15, 0.2) is 15.0 Å². The van der Waals surface area contributed by atoms with Gasteiger partial charge in [-0.05, 0) is 36.4 Å². The molecule has 1 N–H and O–H groups in total. The summed E-state index contributed by atoms with van der Waals surface area (Å²) >= 11 is 1.08. The molecule has 0 saturated heterocycles. The minimum atomic E-state index is -3.84. The number of amides is 1. The van der Waals surface area contributed by atoms with Crippen LogP contribution in [0.25, 0.3) is 22.2 Å². The lowest BCUT2D eigenvalue weighted by Crippen LogP contribution is -2.23. The van der Waals surface area contributed by atoms with Crippen molar-refractivity contribution in [2.75, 3.05) is 18.2 Å². The summed E-state index contributed by atoms with van der Waals surface area (Å²) in [7, 11) is -2.36. The number of ether oxygens (including phenoxy) is 1. The molecule has 158 valence electrons. The molecule has 0 bridgehead atoms. The van der Waals surface area contributed by atoms with Gasteiger partial charge in [0.25, 0.3) is 0 Å². The molecule has 1 amide bonds. The summed E-state index contributed by atoms with van der Waals surface area (Å²) in [6.07, 6.45) is 0. The number of carbonyl (C=O) groups is 1. The Morgan fingerprint density at radius 3 is 2.65 bits per heavy atom. The molecule has 0 aliphatic rings. The van der Waals surface area contributed by atoms with Crippen molar-refractivity contribution in [2.24, 2.45) is 0 Å². The summed E-state index contributed by atoms with van der Waals surface area (Å²) in [4.78, 5) is 28.8. The predicted molar refractivity (Wildman–Crippen MR) is 117 cm³/mol. The Bertz CT molecular complexity index is 1420. The van der Waals surface area contributed by atoms with E-state index < -0.39 is 27.1 Å². The van der Waals surface area contributed by atoms with Crippen LogP contribution in [0.1, 0.15) is 0 Å². The standard InChI is InChI=1S/C21H16N2O6S2/c1-28-14-6-8-15(9-7-14)31(26,27)12-19(24)23-21-22-17(11-30-21)16-10-13-4-2-3-5-18(13)29-20(16)25/h2-11H,12H2,1H3,(H,22,23,24). The number of nitrogens with one attached hydrogen (secondary N) is 1. The quantitative estimate of drug-likeness (QED) is 0.442. The number of hydrogen-bond acceptors (Lipinski definition) is 8. The summed E-state index contributed by atoms with van der Waals surface area (Å²) in [5.41, 5.74) is 0.492. The minimum Gasteiger partial charge on any atom is -0.497 e. The molecule has 0 atom stereocenters. The molecule has 0 unspecified atom stereocenters. The summed E-state index contributed by atoms with van der Waals surface area (Å²) in [5, 5.41) is 4.98. The van der Waals surface area contributed by atoms with Gasteiger partial charge in [-0.25, -0.2) is 18.2 Å². The second-order valence-corrected chi connectivity index (χ2v) is 9.35. The average molecular weight is 457 g/mol. The van der Waals surface area contributed by atoms with E-state index in [0.29, 0.717) is 17.0 Å². The second kappa shape index (κ2) is 8.32. The Balaban J connectivity index is 1.50. The van der Waals surface area contributed by atoms with Crippen LogP contribution in [0.3, 0.4) is 0 Å². The summed E-state index contributed by atoms with van der Waals surface area (Å²) in [6, 6.07) is 14.5. The van der Waals surface area contributed by atoms with Crippen LogP contribution < -0.4 is 15.7 Å². The first-order chi connectivity index (χ1) is 14.9. The Morgan fingerprint density at radius 2 is 1.90 bits per heavy atom. The maximum atomic E-state index is 12.5. The van der Waals surface area contributed by atoms with Crippen molar-refractivity contribution in [3.8, 4) is 17.0 Å². The largest absolute Gasteiger partial charge is 0.497 e. The number of fused-ring (bicyclic) bond motifs is 1. The molecule has 0 radical (unpaired) electrons. The van der Waals surface area contributed by atoms with Gasteiger partial charge in [0, 0.05) is 10.8 Å². The second-order valence-electron chi connectivity index (χ2n) is 6.51.